The molecule has 0 fully saturated rings. The van der Waals surface area contributed by atoms with Crippen molar-refractivity contribution in [3.8, 4) is 0 Å². The average Bonchev–Trinajstić information content (AvgIpc) is 2.29. The highest BCUT2D eigenvalue weighted by Crippen LogP contribution is 2.20. The first-order valence-corrected chi connectivity index (χ1v) is 6.44. The van der Waals surface area contributed by atoms with Gasteiger partial charge in [-0.25, -0.2) is 0 Å². The number of carbonyl (C=O) groups is 1. The van der Waals surface area contributed by atoms with E-state index in [2.05, 4.69) is 25.7 Å². The second-order valence-electron chi connectivity index (χ2n) is 5.32. The second kappa shape index (κ2) is 8.48. The maximum Gasteiger partial charge on any atom is 0.319 e. The fraction of sp³-hybridized carbons (Fsp3) is 0.923. The molecule has 0 aromatic heterocycles. The molecule has 0 unspecified atom stereocenters. The summed E-state index contributed by atoms with van der Waals surface area (Å²) in [5, 5.41) is 0. The van der Waals surface area contributed by atoms with Gasteiger partial charge >= 0.3 is 5.97 Å². The Morgan fingerprint density at radius 1 is 1.35 bits per heavy atom. The third-order valence-electron chi connectivity index (χ3n) is 3.00. The molecular formula is C13H28N2O2. The van der Waals surface area contributed by atoms with Gasteiger partial charge in [0, 0.05) is 0 Å². The molecule has 2 N–H and O–H groups in total. The summed E-state index contributed by atoms with van der Waals surface area (Å²) in [6.07, 6.45) is 3.21. The lowest BCUT2D eigenvalue weighted by atomic mass is 9.88. The van der Waals surface area contributed by atoms with Crippen LogP contribution < -0.4 is 5.73 Å². The van der Waals surface area contributed by atoms with Gasteiger partial charge in [-0.3, -0.25) is 9.69 Å². The van der Waals surface area contributed by atoms with Crippen LogP contribution in [0, 0.1) is 5.41 Å². The van der Waals surface area contributed by atoms with Crippen molar-refractivity contribution in [3.05, 3.63) is 0 Å². The van der Waals surface area contributed by atoms with E-state index in [1.165, 1.54) is 7.11 Å². The lowest BCUT2D eigenvalue weighted by Gasteiger charge is -2.25. The summed E-state index contributed by atoms with van der Waals surface area (Å²) in [7, 11) is 1.43. The van der Waals surface area contributed by atoms with Crippen molar-refractivity contribution >= 4 is 5.97 Å². The molecule has 0 saturated carbocycles. The van der Waals surface area contributed by atoms with Gasteiger partial charge in [-0.15, -0.1) is 0 Å². The van der Waals surface area contributed by atoms with Gasteiger partial charge in [0.2, 0.25) is 0 Å². The first-order chi connectivity index (χ1) is 7.95. The Morgan fingerprint density at radius 3 is 2.47 bits per heavy atom. The van der Waals surface area contributed by atoms with Gasteiger partial charge in [0.25, 0.3) is 0 Å². The predicted molar refractivity (Wildman–Crippen MR) is 70.8 cm³/mol. The summed E-state index contributed by atoms with van der Waals surface area (Å²) >= 11 is 0. The van der Waals surface area contributed by atoms with Crippen LogP contribution in [0.2, 0.25) is 0 Å². The Labute approximate surface area is 105 Å². The molecule has 0 amide bonds. The fourth-order valence-electron chi connectivity index (χ4n) is 1.72. The molecular weight excluding hydrogens is 216 g/mol. The van der Waals surface area contributed by atoms with Crippen LogP contribution in [-0.2, 0) is 9.53 Å². The van der Waals surface area contributed by atoms with Crippen LogP contribution in [0.5, 0.6) is 0 Å². The number of nitrogens with zero attached hydrogens (tertiary/aromatic N) is 1. The van der Waals surface area contributed by atoms with Gasteiger partial charge < -0.3 is 10.5 Å². The fourth-order valence-corrected chi connectivity index (χ4v) is 1.72. The zero-order valence-corrected chi connectivity index (χ0v) is 11.8. The number of ether oxygens (including phenoxy) is 1. The first kappa shape index (κ1) is 16.4. The number of hydrogen-bond donors (Lipinski definition) is 1. The van der Waals surface area contributed by atoms with E-state index in [4.69, 9.17) is 10.5 Å². The maximum absolute atomic E-state index is 11.2. The molecule has 17 heavy (non-hydrogen) atoms. The minimum absolute atomic E-state index is 0.156. The molecule has 102 valence electrons. The van der Waals surface area contributed by atoms with Crippen LogP contribution in [0.15, 0.2) is 0 Å². The molecule has 0 atom stereocenters. The van der Waals surface area contributed by atoms with E-state index in [0.29, 0.717) is 13.1 Å². The van der Waals surface area contributed by atoms with E-state index in [-0.39, 0.29) is 11.4 Å². The standard InChI is InChI=1S/C13H28N2O2/c1-5-8-15(10-12(16)17-4)9-6-7-13(2,3)11-14/h5-11,14H2,1-4H3. The van der Waals surface area contributed by atoms with Gasteiger partial charge in [0.15, 0.2) is 0 Å². The number of esters is 1. The van der Waals surface area contributed by atoms with Gasteiger partial charge in [0.05, 0.1) is 13.7 Å². The van der Waals surface area contributed by atoms with E-state index in [1.54, 1.807) is 0 Å². The van der Waals surface area contributed by atoms with Crippen LogP contribution >= 0.6 is 0 Å². The number of carbonyl (C=O) groups excluding carboxylic acids is 1. The minimum atomic E-state index is -0.156. The van der Waals surface area contributed by atoms with Crippen molar-refractivity contribution in [3.63, 3.8) is 0 Å². The summed E-state index contributed by atoms with van der Waals surface area (Å²) < 4.78 is 4.69. The molecule has 0 heterocycles. The molecule has 0 aliphatic heterocycles. The number of nitrogens with two attached hydrogens (primary N) is 1. The molecule has 0 aromatic rings. The summed E-state index contributed by atoms with van der Waals surface area (Å²) in [5.74, 6) is -0.156. The lowest BCUT2D eigenvalue weighted by Crippen LogP contribution is -2.33. The van der Waals surface area contributed by atoms with Crippen LogP contribution in [-0.4, -0.2) is 44.2 Å². The molecule has 0 rings (SSSR count). The SMILES string of the molecule is CCCN(CCCC(C)(C)CN)CC(=O)OC. The molecule has 0 aromatic carbocycles. The smallest absolute Gasteiger partial charge is 0.319 e. The quantitative estimate of drug-likeness (QED) is 0.626. The van der Waals surface area contributed by atoms with E-state index in [1.807, 2.05) is 0 Å². The molecule has 0 radical (unpaired) electrons. The van der Waals surface area contributed by atoms with E-state index in [9.17, 15) is 4.79 Å². The Hall–Kier alpha value is -0.610. The monoisotopic (exact) mass is 244 g/mol. The zero-order chi connectivity index (χ0) is 13.3. The molecule has 4 heteroatoms. The highest BCUT2D eigenvalue weighted by Gasteiger charge is 2.16. The average molecular weight is 244 g/mol. The molecule has 4 nitrogen and oxygen atoms in total. The van der Waals surface area contributed by atoms with Crippen LogP contribution in [0.1, 0.15) is 40.0 Å². The highest BCUT2D eigenvalue weighted by atomic mass is 16.5. The van der Waals surface area contributed by atoms with E-state index < -0.39 is 0 Å². The summed E-state index contributed by atoms with van der Waals surface area (Å²) in [6.45, 7) is 9.46. The van der Waals surface area contributed by atoms with Crippen molar-refractivity contribution in [2.45, 2.75) is 40.0 Å². The highest BCUT2D eigenvalue weighted by molar-refractivity contribution is 5.71. The molecule has 0 aliphatic carbocycles. The number of rotatable bonds is 9. The molecule has 0 bridgehead atoms. The van der Waals surface area contributed by atoms with Crippen LogP contribution in [0.4, 0.5) is 0 Å². The third-order valence-corrected chi connectivity index (χ3v) is 3.00. The van der Waals surface area contributed by atoms with Gasteiger partial charge in [-0.1, -0.05) is 20.8 Å². The van der Waals surface area contributed by atoms with Gasteiger partial charge in [-0.05, 0) is 44.3 Å². The van der Waals surface area contributed by atoms with Crippen molar-refractivity contribution < 1.29 is 9.53 Å². The van der Waals surface area contributed by atoms with Crippen molar-refractivity contribution in [1.82, 2.24) is 4.90 Å². The lowest BCUT2D eigenvalue weighted by molar-refractivity contribution is -0.141. The topological polar surface area (TPSA) is 55.6 Å². The Balaban J connectivity index is 3.96. The molecule has 0 spiro atoms. The largest absolute Gasteiger partial charge is 0.468 e. The Bertz CT molecular complexity index is 217. The van der Waals surface area contributed by atoms with Gasteiger partial charge in [-0.2, -0.15) is 0 Å². The molecule has 0 aliphatic rings. The predicted octanol–water partition coefficient (Wildman–Crippen LogP) is 1.64. The summed E-state index contributed by atoms with van der Waals surface area (Å²) in [5.41, 5.74) is 5.89. The Kier molecular flexibility index (Phi) is 8.17. The third kappa shape index (κ3) is 8.16. The van der Waals surface area contributed by atoms with E-state index in [0.717, 1.165) is 32.4 Å². The van der Waals surface area contributed by atoms with Gasteiger partial charge in [0.1, 0.15) is 0 Å². The van der Waals surface area contributed by atoms with Crippen molar-refractivity contribution in [2.75, 3.05) is 33.3 Å². The van der Waals surface area contributed by atoms with E-state index >= 15 is 0 Å². The summed E-state index contributed by atoms with van der Waals surface area (Å²) in [6, 6.07) is 0. The number of methoxy groups -OCH3 is 1. The number of hydrogen-bond acceptors (Lipinski definition) is 4. The first-order valence-electron chi connectivity index (χ1n) is 6.44. The van der Waals surface area contributed by atoms with Crippen molar-refractivity contribution in [1.29, 1.82) is 0 Å². The second-order valence-corrected chi connectivity index (χ2v) is 5.32. The Morgan fingerprint density at radius 2 is 2.00 bits per heavy atom. The minimum Gasteiger partial charge on any atom is -0.468 e. The van der Waals surface area contributed by atoms with Crippen molar-refractivity contribution in [2.24, 2.45) is 11.1 Å². The normalized spacial score (nSPS) is 11.9. The molecule has 0 saturated heterocycles. The maximum atomic E-state index is 11.2. The zero-order valence-electron chi connectivity index (χ0n) is 11.8. The van der Waals surface area contributed by atoms with Crippen LogP contribution in [0.3, 0.4) is 0 Å². The summed E-state index contributed by atoms with van der Waals surface area (Å²) in [4.78, 5) is 13.4. The van der Waals surface area contributed by atoms with Crippen LogP contribution in [0.25, 0.3) is 0 Å².